The minimum Gasteiger partial charge on any atom is -0.326 e. The molecule has 32 heavy (non-hydrogen) atoms. The van der Waals surface area contributed by atoms with E-state index in [9.17, 15) is 13.2 Å². The fourth-order valence-electron chi connectivity index (χ4n) is 3.19. The van der Waals surface area contributed by atoms with Gasteiger partial charge in [0.05, 0.1) is 10.6 Å². The fraction of sp³-hybridized carbons (Fsp3) is 0.240. The zero-order chi connectivity index (χ0) is 23.3. The van der Waals surface area contributed by atoms with Gasteiger partial charge in [-0.1, -0.05) is 55.8 Å². The molecule has 3 aromatic rings. The number of rotatable bonds is 8. The van der Waals surface area contributed by atoms with Gasteiger partial charge in [0.1, 0.15) is 0 Å². The Bertz CT molecular complexity index is 1190. The van der Waals surface area contributed by atoms with E-state index in [2.05, 4.69) is 48.2 Å². The molecule has 0 bridgehead atoms. The van der Waals surface area contributed by atoms with Gasteiger partial charge in [0, 0.05) is 17.1 Å². The van der Waals surface area contributed by atoms with E-state index in [4.69, 9.17) is 11.6 Å². The Balaban J connectivity index is 1.58. The minimum atomic E-state index is -3.78. The maximum absolute atomic E-state index is 12.7. The summed E-state index contributed by atoms with van der Waals surface area (Å²) < 4.78 is 27.9. The highest BCUT2D eigenvalue weighted by Gasteiger charge is 2.16. The second-order valence-corrected chi connectivity index (χ2v) is 10.1. The van der Waals surface area contributed by atoms with E-state index < -0.39 is 10.0 Å². The molecule has 7 heteroatoms. The lowest BCUT2D eigenvalue weighted by Gasteiger charge is -2.12. The number of hydrogen-bond donors (Lipinski definition) is 2. The van der Waals surface area contributed by atoms with Gasteiger partial charge in [-0.3, -0.25) is 9.52 Å². The van der Waals surface area contributed by atoms with Crippen LogP contribution in [0.4, 0.5) is 11.4 Å². The summed E-state index contributed by atoms with van der Waals surface area (Å²) in [6.07, 6.45) is 0.982. The first-order valence-corrected chi connectivity index (χ1v) is 12.3. The Morgan fingerprint density at radius 2 is 1.62 bits per heavy atom. The van der Waals surface area contributed by atoms with Crippen molar-refractivity contribution in [2.75, 3.05) is 10.0 Å². The molecule has 0 radical (unpaired) electrons. The molecule has 3 aromatic carbocycles. The standard InChI is InChI=1S/C25H27ClN2O3S/c1-17(2)20-10-7-19(8-11-20)9-16-25(29)27-21-12-14-22(15-13-21)32(30,31)28-24-6-4-5-23(26)18(24)3/h4-8,10-15,17,28H,9,16H2,1-3H3,(H,27,29). The Labute approximate surface area is 194 Å². The summed E-state index contributed by atoms with van der Waals surface area (Å²) in [4.78, 5) is 12.4. The zero-order valence-corrected chi connectivity index (χ0v) is 19.9. The van der Waals surface area contributed by atoms with Crippen molar-refractivity contribution in [2.45, 2.75) is 44.4 Å². The molecule has 0 atom stereocenters. The van der Waals surface area contributed by atoms with Gasteiger partial charge in [-0.2, -0.15) is 0 Å². The summed E-state index contributed by atoms with van der Waals surface area (Å²) in [5, 5.41) is 3.30. The normalized spacial score (nSPS) is 11.4. The van der Waals surface area contributed by atoms with Crippen molar-refractivity contribution in [1.29, 1.82) is 0 Å². The Morgan fingerprint density at radius 3 is 2.25 bits per heavy atom. The summed E-state index contributed by atoms with van der Waals surface area (Å²) in [5.41, 5.74) is 4.00. The number of carbonyl (C=O) groups excluding carboxylic acids is 1. The zero-order valence-electron chi connectivity index (χ0n) is 18.4. The van der Waals surface area contributed by atoms with Crippen LogP contribution in [0.3, 0.4) is 0 Å². The average Bonchev–Trinajstić information content (AvgIpc) is 2.76. The maximum atomic E-state index is 12.7. The molecular weight excluding hydrogens is 444 g/mol. The summed E-state index contributed by atoms with van der Waals surface area (Å²) in [5.74, 6) is 0.352. The van der Waals surface area contributed by atoms with Crippen LogP contribution in [-0.4, -0.2) is 14.3 Å². The van der Waals surface area contributed by atoms with Gasteiger partial charge >= 0.3 is 0 Å². The van der Waals surface area contributed by atoms with Crippen LogP contribution in [0.1, 0.15) is 42.9 Å². The van der Waals surface area contributed by atoms with Crippen LogP contribution in [0.2, 0.25) is 5.02 Å². The fourth-order valence-corrected chi connectivity index (χ4v) is 4.49. The highest BCUT2D eigenvalue weighted by atomic mass is 35.5. The predicted molar refractivity (Wildman–Crippen MR) is 131 cm³/mol. The van der Waals surface area contributed by atoms with E-state index in [-0.39, 0.29) is 10.8 Å². The molecule has 168 valence electrons. The highest BCUT2D eigenvalue weighted by molar-refractivity contribution is 7.92. The first-order valence-electron chi connectivity index (χ1n) is 10.4. The number of nitrogens with one attached hydrogen (secondary N) is 2. The molecule has 5 nitrogen and oxygen atoms in total. The molecule has 0 aliphatic carbocycles. The van der Waals surface area contributed by atoms with Crippen molar-refractivity contribution >= 4 is 38.9 Å². The van der Waals surface area contributed by atoms with Crippen LogP contribution in [0, 0.1) is 6.92 Å². The average molecular weight is 471 g/mol. The number of sulfonamides is 1. The number of benzene rings is 3. The topological polar surface area (TPSA) is 75.3 Å². The van der Waals surface area contributed by atoms with Crippen molar-refractivity contribution < 1.29 is 13.2 Å². The molecule has 3 rings (SSSR count). The van der Waals surface area contributed by atoms with Crippen LogP contribution < -0.4 is 10.0 Å². The third-order valence-corrected chi connectivity index (χ3v) is 7.04. The van der Waals surface area contributed by atoms with Crippen LogP contribution in [0.25, 0.3) is 0 Å². The predicted octanol–water partition coefficient (Wildman–Crippen LogP) is 6.14. The second kappa shape index (κ2) is 10.2. The van der Waals surface area contributed by atoms with Crippen molar-refractivity contribution in [3.63, 3.8) is 0 Å². The van der Waals surface area contributed by atoms with Crippen molar-refractivity contribution in [1.82, 2.24) is 0 Å². The van der Waals surface area contributed by atoms with Gasteiger partial charge in [0.25, 0.3) is 10.0 Å². The molecule has 0 spiro atoms. The Morgan fingerprint density at radius 1 is 0.969 bits per heavy atom. The van der Waals surface area contributed by atoms with Crippen LogP contribution in [-0.2, 0) is 21.2 Å². The second-order valence-electron chi connectivity index (χ2n) is 7.99. The number of anilines is 2. The highest BCUT2D eigenvalue weighted by Crippen LogP contribution is 2.26. The summed E-state index contributed by atoms with van der Waals surface area (Å²) in [7, 11) is -3.78. The maximum Gasteiger partial charge on any atom is 0.261 e. The van der Waals surface area contributed by atoms with Gasteiger partial charge in [-0.15, -0.1) is 0 Å². The van der Waals surface area contributed by atoms with Crippen molar-refractivity contribution in [3.8, 4) is 0 Å². The molecule has 0 unspecified atom stereocenters. The number of carbonyl (C=O) groups is 1. The number of halogens is 1. The van der Waals surface area contributed by atoms with Gasteiger partial charge < -0.3 is 5.32 Å². The third-order valence-electron chi connectivity index (χ3n) is 5.25. The molecule has 0 saturated carbocycles. The lowest BCUT2D eigenvalue weighted by molar-refractivity contribution is -0.116. The first-order chi connectivity index (χ1) is 15.2. The Kier molecular flexibility index (Phi) is 7.59. The summed E-state index contributed by atoms with van der Waals surface area (Å²) in [6.45, 7) is 6.04. The largest absolute Gasteiger partial charge is 0.326 e. The van der Waals surface area contributed by atoms with E-state index in [0.717, 1.165) is 5.56 Å². The minimum absolute atomic E-state index is 0.0973. The first kappa shape index (κ1) is 23.8. The van der Waals surface area contributed by atoms with E-state index in [0.29, 0.717) is 40.7 Å². The van der Waals surface area contributed by atoms with E-state index in [1.54, 1.807) is 37.3 Å². The third kappa shape index (κ3) is 6.11. The number of amides is 1. The van der Waals surface area contributed by atoms with Crippen LogP contribution >= 0.6 is 11.6 Å². The number of aryl methyl sites for hydroxylation is 1. The van der Waals surface area contributed by atoms with Gasteiger partial charge in [-0.05, 0) is 72.4 Å². The summed E-state index contributed by atoms with van der Waals surface area (Å²) >= 11 is 6.07. The van der Waals surface area contributed by atoms with E-state index in [1.165, 1.54) is 17.7 Å². The molecular formula is C25H27ClN2O3S. The monoisotopic (exact) mass is 470 g/mol. The van der Waals surface area contributed by atoms with Crippen molar-refractivity contribution in [2.24, 2.45) is 0 Å². The lowest BCUT2D eigenvalue weighted by Crippen LogP contribution is -2.15. The molecule has 0 aromatic heterocycles. The molecule has 1 amide bonds. The molecule has 0 aliphatic heterocycles. The van der Waals surface area contributed by atoms with Gasteiger partial charge in [-0.25, -0.2) is 8.42 Å². The van der Waals surface area contributed by atoms with Gasteiger partial charge in [0.2, 0.25) is 5.91 Å². The lowest BCUT2D eigenvalue weighted by atomic mass is 10.0. The van der Waals surface area contributed by atoms with Crippen LogP contribution in [0.15, 0.2) is 71.6 Å². The van der Waals surface area contributed by atoms with Gasteiger partial charge in [0.15, 0.2) is 0 Å². The van der Waals surface area contributed by atoms with E-state index >= 15 is 0 Å². The summed E-state index contributed by atoms with van der Waals surface area (Å²) in [6, 6.07) is 19.4. The molecule has 0 aliphatic rings. The molecule has 0 fully saturated rings. The Hall–Kier alpha value is -2.83. The molecule has 2 N–H and O–H groups in total. The number of hydrogen-bond acceptors (Lipinski definition) is 3. The molecule has 0 heterocycles. The van der Waals surface area contributed by atoms with E-state index in [1.807, 2.05) is 0 Å². The smallest absolute Gasteiger partial charge is 0.261 e. The van der Waals surface area contributed by atoms with Crippen LogP contribution in [0.5, 0.6) is 0 Å². The SMILES string of the molecule is Cc1c(Cl)cccc1NS(=O)(=O)c1ccc(NC(=O)CCc2ccc(C(C)C)cc2)cc1. The van der Waals surface area contributed by atoms with Crippen molar-refractivity contribution in [3.05, 3.63) is 88.4 Å². The molecule has 0 saturated heterocycles. The quantitative estimate of drug-likeness (QED) is 0.415.